The van der Waals surface area contributed by atoms with E-state index in [1.54, 1.807) is 36.4 Å². The van der Waals surface area contributed by atoms with E-state index in [0.717, 1.165) is 11.1 Å². The summed E-state index contributed by atoms with van der Waals surface area (Å²) in [6.45, 7) is 3.68. The summed E-state index contributed by atoms with van der Waals surface area (Å²) in [6.07, 6.45) is 3.70. The van der Waals surface area contributed by atoms with E-state index in [1.807, 2.05) is 26.0 Å². The van der Waals surface area contributed by atoms with E-state index in [1.165, 1.54) is 9.80 Å². The largest absolute Gasteiger partial charge is 0.274 e. The zero-order valence-corrected chi connectivity index (χ0v) is 19.9. The maximum absolute atomic E-state index is 13.5. The molecule has 1 saturated carbocycles. The number of hydrogen-bond donors (Lipinski definition) is 0. The van der Waals surface area contributed by atoms with Crippen molar-refractivity contribution >= 4 is 58.2 Å². The van der Waals surface area contributed by atoms with Crippen molar-refractivity contribution in [3.63, 3.8) is 0 Å². The van der Waals surface area contributed by atoms with E-state index >= 15 is 0 Å². The first-order valence-electron chi connectivity index (χ1n) is 11.2. The molecule has 3 aliphatic carbocycles. The zero-order valence-electron chi connectivity index (χ0n) is 18.4. The number of carbonyl (C=O) groups is 4. The van der Waals surface area contributed by atoms with Crippen LogP contribution in [0, 0.1) is 49.4 Å². The van der Waals surface area contributed by atoms with Crippen molar-refractivity contribution in [1.29, 1.82) is 0 Å². The minimum absolute atomic E-state index is 0.343. The molecule has 4 atom stereocenters. The lowest BCUT2D eigenvalue weighted by Gasteiger charge is -2.44. The summed E-state index contributed by atoms with van der Waals surface area (Å²) in [5, 5.41) is 0.924. The standard InChI is InChI=1S/C26H20Cl2N2O4/c1-11-3-5-13(9-17(11)27)29-23(31)19-15-7-8-16(20(19)24(29)32)22-21(15)25(33)30(26(22)34)14-6-4-12(2)18(28)10-14/h3-10,15-16,19-22H,1-2H3. The second kappa shape index (κ2) is 7.27. The van der Waals surface area contributed by atoms with Crippen LogP contribution in [-0.2, 0) is 19.2 Å². The number of aryl methyl sites for hydroxylation is 2. The highest BCUT2D eigenvalue weighted by Crippen LogP contribution is 2.58. The van der Waals surface area contributed by atoms with Crippen LogP contribution in [-0.4, -0.2) is 23.6 Å². The number of imide groups is 2. The Hall–Kier alpha value is -2.96. The maximum Gasteiger partial charge on any atom is 0.238 e. The van der Waals surface area contributed by atoms with Crippen LogP contribution in [0.25, 0.3) is 0 Å². The average molecular weight is 495 g/mol. The number of hydrogen-bond acceptors (Lipinski definition) is 4. The van der Waals surface area contributed by atoms with Crippen LogP contribution in [0.5, 0.6) is 0 Å². The molecule has 0 spiro atoms. The van der Waals surface area contributed by atoms with E-state index < -0.39 is 35.5 Å². The van der Waals surface area contributed by atoms with E-state index in [0.29, 0.717) is 21.4 Å². The van der Waals surface area contributed by atoms with Gasteiger partial charge in [-0.25, -0.2) is 9.80 Å². The number of allylic oxidation sites excluding steroid dienone is 2. The predicted octanol–water partition coefficient (Wildman–Crippen LogP) is 4.34. The molecule has 3 fully saturated rings. The first kappa shape index (κ1) is 21.6. The van der Waals surface area contributed by atoms with Crippen LogP contribution in [0.2, 0.25) is 10.0 Å². The number of amides is 4. The SMILES string of the molecule is Cc1ccc(N2C(=O)C3C4C=CC(C3C2=O)C2C(=O)N(c3ccc(C)c(Cl)c3)C(=O)C42)cc1Cl. The highest BCUT2D eigenvalue weighted by molar-refractivity contribution is 6.33. The lowest BCUT2D eigenvalue weighted by molar-refractivity contribution is -0.137. The summed E-state index contributed by atoms with van der Waals surface area (Å²) < 4.78 is 0. The molecule has 2 heterocycles. The summed E-state index contributed by atoms with van der Waals surface area (Å²) in [4.78, 5) is 56.6. The third kappa shape index (κ3) is 2.70. The van der Waals surface area contributed by atoms with Crippen LogP contribution in [0.3, 0.4) is 0 Å². The Labute approximate surface area is 206 Å². The molecule has 0 aromatic heterocycles. The van der Waals surface area contributed by atoms with Crippen LogP contribution >= 0.6 is 23.2 Å². The second-order valence-electron chi connectivity index (χ2n) is 9.53. The first-order chi connectivity index (χ1) is 16.2. The Morgan fingerprint density at radius 3 is 1.21 bits per heavy atom. The molecule has 6 nitrogen and oxygen atoms in total. The molecule has 5 aliphatic rings. The van der Waals surface area contributed by atoms with Crippen LogP contribution < -0.4 is 9.80 Å². The molecule has 0 radical (unpaired) electrons. The van der Waals surface area contributed by atoms with Gasteiger partial charge in [-0.05, 0) is 49.2 Å². The molecule has 34 heavy (non-hydrogen) atoms. The molecule has 0 N–H and O–H groups in total. The number of anilines is 2. The smallest absolute Gasteiger partial charge is 0.238 e. The van der Waals surface area contributed by atoms with Gasteiger partial charge in [-0.3, -0.25) is 19.2 Å². The molecule has 7 rings (SSSR count). The maximum atomic E-state index is 13.5. The Morgan fingerprint density at radius 1 is 0.588 bits per heavy atom. The first-order valence-corrected chi connectivity index (χ1v) is 11.9. The second-order valence-corrected chi connectivity index (χ2v) is 10.3. The number of halogens is 2. The van der Waals surface area contributed by atoms with Crippen LogP contribution in [0.1, 0.15) is 11.1 Å². The highest BCUT2D eigenvalue weighted by atomic mass is 35.5. The molecule has 2 aromatic rings. The average Bonchev–Trinajstić information content (AvgIpc) is 3.25. The van der Waals surface area contributed by atoms with Gasteiger partial charge in [0.1, 0.15) is 0 Å². The molecular formula is C26H20Cl2N2O4. The molecular weight excluding hydrogens is 475 g/mol. The van der Waals surface area contributed by atoms with Gasteiger partial charge in [-0.1, -0.05) is 47.5 Å². The van der Waals surface area contributed by atoms with Gasteiger partial charge in [-0.15, -0.1) is 0 Å². The molecule has 2 aliphatic heterocycles. The van der Waals surface area contributed by atoms with Gasteiger partial charge < -0.3 is 0 Å². The minimum atomic E-state index is -0.679. The van der Waals surface area contributed by atoms with Crippen molar-refractivity contribution in [2.24, 2.45) is 35.5 Å². The van der Waals surface area contributed by atoms with Gasteiger partial charge >= 0.3 is 0 Å². The molecule has 4 unspecified atom stereocenters. The fourth-order valence-electron chi connectivity index (χ4n) is 6.18. The Bertz CT molecular complexity index is 1210. The Morgan fingerprint density at radius 2 is 0.912 bits per heavy atom. The van der Waals surface area contributed by atoms with Gasteiger partial charge in [0, 0.05) is 21.9 Å². The number of rotatable bonds is 2. The number of carbonyl (C=O) groups excluding carboxylic acids is 4. The Kier molecular flexibility index (Phi) is 4.61. The summed E-state index contributed by atoms with van der Waals surface area (Å²) in [5.74, 6) is -5.13. The Balaban J connectivity index is 1.39. The van der Waals surface area contributed by atoms with Crippen molar-refractivity contribution in [2.45, 2.75) is 13.8 Å². The molecule has 4 amide bonds. The summed E-state index contributed by atoms with van der Waals surface area (Å²) in [6, 6.07) is 10.1. The van der Waals surface area contributed by atoms with Gasteiger partial charge in [0.2, 0.25) is 23.6 Å². The molecule has 2 saturated heterocycles. The van der Waals surface area contributed by atoms with Gasteiger partial charge in [0.25, 0.3) is 0 Å². The highest BCUT2D eigenvalue weighted by Gasteiger charge is 2.68. The molecule has 2 bridgehead atoms. The third-order valence-corrected chi connectivity index (χ3v) is 8.65. The lowest BCUT2D eigenvalue weighted by atomic mass is 9.54. The fourth-order valence-corrected chi connectivity index (χ4v) is 6.53. The molecule has 172 valence electrons. The van der Waals surface area contributed by atoms with Gasteiger partial charge in [0.15, 0.2) is 0 Å². The minimum Gasteiger partial charge on any atom is -0.274 e. The van der Waals surface area contributed by atoms with Gasteiger partial charge in [0.05, 0.1) is 35.0 Å². The number of nitrogens with zero attached hydrogens (tertiary/aromatic N) is 2. The van der Waals surface area contributed by atoms with Crippen LogP contribution in [0.4, 0.5) is 11.4 Å². The number of benzene rings is 2. The van der Waals surface area contributed by atoms with Crippen molar-refractivity contribution in [2.75, 3.05) is 9.80 Å². The van der Waals surface area contributed by atoms with Gasteiger partial charge in [-0.2, -0.15) is 0 Å². The predicted molar refractivity (Wildman–Crippen MR) is 127 cm³/mol. The molecule has 8 heteroatoms. The van der Waals surface area contributed by atoms with Crippen molar-refractivity contribution in [3.8, 4) is 0 Å². The topological polar surface area (TPSA) is 74.8 Å². The summed E-state index contributed by atoms with van der Waals surface area (Å²) >= 11 is 12.5. The normalized spacial score (nSPS) is 31.5. The van der Waals surface area contributed by atoms with E-state index in [2.05, 4.69) is 0 Å². The van der Waals surface area contributed by atoms with Crippen molar-refractivity contribution in [3.05, 3.63) is 69.7 Å². The summed E-state index contributed by atoms with van der Waals surface area (Å²) in [5.41, 5.74) is 2.51. The fraction of sp³-hybridized carbons (Fsp3) is 0.308. The van der Waals surface area contributed by atoms with Crippen LogP contribution in [0.15, 0.2) is 48.6 Å². The lowest BCUT2D eigenvalue weighted by Crippen LogP contribution is -2.50. The van der Waals surface area contributed by atoms with E-state index in [4.69, 9.17) is 23.2 Å². The van der Waals surface area contributed by atoms with E-state index in [-0.39, 0.29) is 23.6 Å². The quantitative estimate of drug-likeness (QED) is 0.459. The zero-order chi connectivity index (χ0) is 24.0. The van der Waals surface area contributed by atoms with Crippen molar-refractivity contribution < 1.29 is 19.2 Å². The summed E-state index contributed by atoms with van der Waals surface area (Å²) in [7, 11) is 0. The van der Waals surface area contributed by atoms with E-state index in [9.17, 15) is 19.2 Å². The molecule has 2 aromatic carbocycles. The monoisotopic (exact) mass is 494 g/mol. The third-order valence-electron chi connectivity index (χ3n) is 7.84. The van der Waals surface area contributed by atoms with Crippen molar-refractivity contribution in [1.82, 2.24) is 0 Å².